The van der Waals surface area contributed by atoms with Crippen LogP contribution in [0.4, 0.5) is 21.0 Å². The van der Waals surface area contributed by atoms with Crippen molar-refractivity contribution in [2.24, 2.45) is 0 Å². The summed E-state index contributed by atoms with van der Waals surface area (Å²) >= 11 is 6.02. The van der Waals surface area contributed by atoms with Crippen LogP contribution >= 0.6 is 11.6 Å². The minimum Gasteiger partial charge on any atom is -0.480 e. The summed E-state index contributed by atoms with van der Waals surface area (Å²) in [7, 11) is -1.26. The molecule has 1 amide bonds. The Bertz CT molecular complexity index is 1750. The van der Waals surface area contributed by atoms with Gasteiger partial charge in [0.05, 0.1) is 17.6 Å². The molecular formula is C28H28ClFN6O5S. The number of fused-ring (bicyclic) bond motifs is 1. The van der Waals surface area contributed by atoms with Crippen molar-refractivity contribution in [3.8, 4) is 17.0 Å². The number of amides is 1. The van der Waals surface area contributed by atoms with Crippen LogP contribution < -0.4 is 14.8 Å². The van der Waals surface area contributed by atoms with Crippen molar-refractivity contribution in [3.05, 3.63) is 65.6 Å². The number of ether oxygens (including phenoxy) is 1. The highest BCUT2D eigenvalue weighted by molar-refractivity contribution is 7.92. The van der Waals surface area contributed by atoms with Crippen LogP contribution in [0.1, 0.15) is 25.7 Å². The Morgan fingerprint density at radius 3 is 2.55 bits per heavy atom. The number of pyridine rings is 1. The summed E-state index contributed by atoms with van der Waals surface area (Å²) in [5.74, 6) is -0.956. The van der Waals surface area contributed by atoms with Crippen molar-refractivity contribution in [3.63, 3.8) is 0 Å². The molecule has 3 N–H and O–H groups in total. The van der Waals surface area contributed by atoms with Gasteiger partial charge in [0.15, 0.2) is 11.6 Å². The van der Waals surface area contributed by atoms with Crippen molar-refractivity contribution in [2.75, 3.05) is 24.2 Å². The van der Waals surface area contributed by atoms with Crippen molar-refractivity contribution in [1.29, 1.82) is 0 Å². The van der Waals surface area contributed by atoms with Crippen molar-refractivity contribution in [2.45, 2.75) is 42.7 Å². The first-order valence-corrected chi connectivity index (χ1v) is 14.9. The number of hydrogen-bond acceptors (Lipinski definition) is 8. The summed E-state index contributed by atoms with van der Waals surface area (Å²) in [6.07, 6.45) is 3.83. The van der Waals surface area contributed by atoms with E-state index >= 15 is 4.39 Å². The van der Waals surface area contributed by atoms with E-state index in [1.807, 2.05) is 0 Å². The zero-order valence-corrected chi connectivity index (χ0v) is 24.3. The van der Waals surface area contributed by atoms with Crippen LogP contribution in [-0.2, 0) is 10.0 Å². The van der Waals surface area contributed by atoms with Crippen LogP contribution in [-0.4, -0.2) is 65.7 Å². The normalized spacial score (nSPS) is 17.0. The molecule has 1 aliphatic rings. The zero-order chi connectivity index (χ0) is 30.0. The molecular weight excluding hydrogens is 587 g/mol. The largest absolute Gasteiger partial charge is 0.480 e. The minimum absolute atomic E-state index is 0.00409. The van der Waals surface area contributed by atoms with E-state index in [1.54, 1.807) is 37.5 Å². The Morgan fingerprint density at radius 2 is 1.86 bits per heavy atom. The number of aromatic nitrogens is 3. The van der Waals surface area contributed by atoms with Crippen molar-refractivity contribution in [1.82, 2.24) is 19.9 Å². The number of halogens is 2. The highest BCUT2D eigenvalue weighted by atomic mass is 35.5. The van der Waals surface area contributed by atoms with Crippen LogP contribution in [0.3, 0.4) is 0 Å². The highest BCUT2D eigenvalue weighted by Gasteiger charge is 2.27. The van der Waals surface area contributed by atoms with Crippen LogP contribution in [0.5, 0.6) is 5.88 Å². The van der Waals surface area contributed by atoms with Gasteiger partial charge < -0.3 is 20.1 Å². The summed E-state index contributed by atoms with van der Waals surface area (Å²) in [5, 5.41) is 13.2. The van der Waals surface area contributed by atoms with E-state index < -0.39 is 27.8 Å². The topological polar surface area (TPSA) is 147 Å². The van der Waals surface area contributed by atoms with E-state index in [1.165, 1.54) is 30.2 Å². The first-order valence-electron chi connectivity index (χ1n) is 13.1. The van der Waals surface area contributed by atoms with Crippen LogP contribution in [0, 0.1) is 5.82 Å². The summed E-state index contributed by atoms with van der Waals surface area (Å²) in [5.41, 5.74) is 1.53. The molecule has 0 radical (unpaired) electrons. The standard InChI is InChI=1S/C28H28ClFN6O5S/c1-36(28(37)38)19-10-8-18(9-11-19)32-27-31-15-17-13-16(7-12-23(17)33-27)20-14-22(30)25(34-26(20)41-2)35-42(39,40)24-6-4-3-5-21(24)29/h3-7,12-15,18-19H,8-11H2,1-2H3,(H,34,35)(H,37,38)(H,31,32,33)/t18-,19-. The lowest BCUT2D eigenvalue weighted by Gasteiger charge is -2.33. The number of nitrogens with one attached hydrogen (secondary N) is 2. The molecule has 1 saturated carbocycles. The number of methoxy groups -OCH3 is 1. The third kappa shape index (κ3) is 6.16. The number of hydrogen-bond donors (Lipinski definition) is 3. The average Bonchev–Trinajstić information content (AvgIpc) is 2.97. The number of benzene rings is 2. The van der Waals surface area contributed by atoms with Gasteiger partial charge in [-0.05, 0) is 61.6 Å². The summed E-state index contributed by atoms with van der Waals surface area (Å²) in [4.78, 5) is 25.5. The van der Waals surface area contributed by atoms with Gasteiger partial charge in [-0.15, -0.1) is 0 Å². The Kier molecular flexibility index (Phi) is 8.32. The molecule has 2 heterocycles. The fourth-order valence-electron chi connectivity index (χ4n) is 4.97. The Labute approximate surface area is 246 Å². The fraction of sp³-hybridized carbons (Fsp3) is 0.286. The fourth-order valence-corrected chi connectivity index (χ4v) is 6.50. The van der Waals surface area contributed by atoms with Gasteiger partial charge in [0.2, 0.25) is 11.8 Å². The number of carboxylic acid groups (broad SMARTS) is 1. The molecule has 1 fully saturated rings. The predicted molar refractivity (Wildman–Crippen MR) is 157 cm³/mol. The molecule has 2 aromatic carbocycles. The second kappa shape index (κ2) is 11.9. The molecule has 0 atom stereocenters. The van der Waals surface area contributed by atoms with Gasteiger partial charge in [-0.25, -0.2) is 27.6 Å². The molecule has 11 nitrogen and oxygen atoms in total. The van der Waals surface area contributed by atoms with Crippen LogP contribution in [0.2, 0.25) is 5.02 Å². The van der Waals surface area contributed by atoms with Crippen molar-refractivity contribution < 1.29 is 27.4 Å². The molecule has 0 saturated heterocycles. The minimum atomic E-state index is -4.21. The average molecular weight is 615 g/mol. The van der Waals surface area contributed by atoms with Gasteiger partial charge in [-0.2, -0.15) is 4.98 Å². The van der Waals surface area contributed by atoms with E-state index in [-0.39, 0.29) is 27.9 Å². The Morgan fingerprint density at radius 1 is 1.12 bits per heavy atom. The molecule has 0 unspecified atom stereocenters. The van der Waals surface area contributed by atoms with E-state index in [9.17, 15) is 18.3 Å². The quantitative estimate of drug-likeness (QED) is 0.230. The third-order valence-electron chi connectivity index (χ3n) is 7.26. The molecule has 1 aliphatic carbocycles. The second-order valence-corrected chi connectivity index (χ2v) is 12.0. The van der Waals surface area contributed by atoms with E-state index in [0.717, 1.165) is 31.7 Å². The molecule has 14 heteroatoms. The number of nitrogens with zero attached hydrogens (tertiary/aromatic N) is 4. The summed E-state index contributed by atoms with van der Waals surface area (Å²) < 4.78 is 48.3. The number of sulfonamides is 1. The SMILES string of the molecule is COc1nc(NS(=O)(=O)c2ccccc2Cl)c(F)cc1-c1ccc2nc(N[C@H]3CC[C@H](N(C)C(=O)O)CC3)ncc2c1. The lowest BCUT2D eigenvalue weighted by molar-refractivity contribution is 0.125. The molecule has 0 spiro atoms. The second-order valence-electron chi connectivity index (χ2n) is 9.92. The summed E-state index contributed by atoms with van der Waals surface area (Å²) in [6, 6.07) is 12.4. The maximum atomic E-state index is 15.2. The van der Waals surface area contributed by atoms with E-state index in [2.05, 4.69) is 25.0 Å². The number of rotatable bonds is 8. The van der Waals surface area contributed by atoms with Gasteiger partial charge >= 0.3 is 6.09 Å². The molecule has 0 bridgehead atoms. The highest BCUT2D eigenvalue weighted by Crippen LogP contribution is 2.34. The predicted octanol–water partition coefficient (Wildman–Crippen LogP) is 5.63. The van der Waals surface area contributed by atoms with Crippen LogP contribution in [0.25, 0.3) is 22.0 Å². The zero-order valence-electron chi connectivity index (χ0n) is 22.7. The molecule has 42 heavy (non-hydrogen) atoms. The molecule has 0 aliphatic heterocycles. The van der Waals surface area contributed by atoms with Gasteiger partial charge in [0.1, 0.15) is 4.90 Å². The van der Waals surface area contributed by atoms with Gasteiger partial charge in [-0.1, -0.05) is 29.8 Å². The van der Waals surface area contributed by atoms with E-state index in [4.69, 9.17) is 16.3 Å². The van der Waals surface area contributed by atoms with E-state index in [0.29, 0.717) is 28.0 Å². The van der Waals surface area contributed by atoms with Gasteiger partial charge in [-0.3, -0.25) is 4.72 Å². The molecule has 4 aromatic rings. The monoisotopic (exact) mass is 614 g/mol. The lowest BCUT2D eigenvalue weighted by atomic mass is 9.90. The number of carbonyl (C=O) groups is 1. The Hall–Kier alpha value is -4.23. The van der Waals surface area contributed by atoms with Gasteiger partial charge in [0.25, 0.3) is 10.0 Å². The number of anilines is 2. The maximum absolute atomic E-state index is 15.2. The summed E-state index contributed by atoms with van der Waals surface area (Å²) in [6.45, 7) is 0. The lowest BCUT2D eigenvalue weighted by Crippen LogP contribution is -2.41. The third-order valence-corrected chi connectivity index (χ3v) is 9.10. The van der Waals surface area contributed by atoms with Gasteiger partial charge in [0, 0.05) is 36.3 Å². The smallest absolute Gasteiger partial charge is 0.407 e. The molecule has 2 aromatic heterocycles. The van der Waals surface area contributed by atoms with Crippen molar-refractivity contribution >= 4 is 50.4 Å². The first-order chi connectivity index (χ1) is 20.1. The molecule has 5 rings (SSSR count). The first kappa shape index (κ1) is 29.3. The molecule has 220 valence electrons. The Balaban J connectivity index is 1.34. The van der Waals surface area contributed by atoms with Crippen LogP contribution in [0.15, 0.2) is 59.6 Å². The maximum Gasteiger partial charge on any atom is 0.407 e.